The Morgan fingerprint density at radius 3 is 2.38 bits per heavy atom. The van der Waals surface area contributed by atoms with Crippen LogP contribution in [0.4, 0.5) is 0 Å². The predicted molar refractivity (Wildman–Crippen MR) is 96.9 cm³/mol. The average molecular weight is 451 g/mol. The summed E-state index contributed by atoms with van der Waals surface area (Å²) in [6.45, 7) is 3.32. The van der Waals surface area contributed by atoms with Crippen molar-refractivity contribution >= 4 is 39.8 Å². The molecule has 1 aromatic carbocycles. The number of carboxylic acids is 1. The largest absolute Gasteiger partial charge is 1.00 e. The van der Waals surface area contributed by atoms with Crippen molar-refractivity contribution < 1.29 is 62.0 Å². The zero-order chi connectivity index (χ0) is 20.9. The van der Waals surface area contributed by atoms with Gasteiger partial charge in [-0.25, -0.2) is 0 Å². The molecule has 0 spiro atoms. The van der Waals surface area contributed by atoms with Crippen molar-refractivity contribution in [3.8, 4) is 0 Å². The Labute approximate surface area is 194 Å². The van der Waals surface area contributed by atoms with Gasteiger partial charge in [0.15, 0.2) is 0 Å². The van der Waals surface area contributed by atoms with Crippen LogP contribution in [0.25, 0.3) is 0 Å². The maximum Gasteiger partial charge on any atom is 1.00 e. The summed E-state index contributed by atoms with van der Waals surface area (Å²) in [6.07, 6.45) is 0. The summed E-state index contributed by atoms with van der Waals surface area (Å²) in [7, 11) is -4.71. The third-order valence-corrected chi connectivity index (χ3v) is 6.73. The zero-order valence-electron chi connectivity index (χ0n) is 15.9. The van der Waals surface area contributed by atoms with Gasteiger partial charge in [0.1, 0.15) is 17.5 Å². The van der Waals surface area contributed by atoms with E-state index in [1.54, 1.807) is 32.0 Å². The molecule has 2 fully saturated rings. The van der Waals surface area contributed by atoms with E-state index in [0.29, 0.717) is 0 Å². The van der Waals surface area contributed by atoms with Gasteiger partial charge in [-0.3, -0.25) is 14.1 Å². The Balaban J connectivity index is 0.00000300. The van der Waals surface area contributed by atoms with Gasteiger partial charge >= 0.3 is 39.9 Å². The number of hydrogen-bond donors (Lipinski definition) is 3. The first-order chi connectivity index (χ1) is 12.9. The molecule has 4 atom stereocenters. The summed E-state index contributed by atoms with van der Waals surface area (Å²) in [4.78, 5) is 37.7. The standard InChI is InChI=1S/C16H19N3O7S2.Na/c1-16(2)11(15(22)23)19-13(21)10(14(19)27-16)17-12(20)9(18-28(24,25)26)8-6-4-3-5-7-8;/h3-7,9-11,14,18H,1-2H3,(H,17,20)(H,22,23)(H,24,25,26);/q;+1/p-1/t9-,10-,11+,14-;/m1./s1. The molecule has 13 heteroatoms. The van der Waals surface area contributed by atoms with Crippen LogP contribution in [0.5, 0.6) is 0 Å². The second-order valence-corrected chi connectivity index (χ2v) is 9.96. The fourth-order valence-corrected chi connectivity index (χ4v) is 5.59. The minimum atomic E-state index is -4.71. The molecule has 0 aliphatic carbocycles. The molecule has 152 valence electrons. The number of β-lactam (4-membered cyclic amide) rings is 1. The van der Waals surface area contributed by atoms with Crippen LogP contribution in [-0.2, 0) is 24.7 Å². The molecule has 0 radical (unpaired) electrons. The molecule has 0 saturated carbocycles. The predicted octanol–water partition coefficient (Wildman–Crippen LogP) is -4.58. The van der Waals surface area contributed by atoms with Crippen LogP contribution in [0.15, 0.2) is 30.3 Å². The van der Waals surface area contributed by atoms with Crippen molar-refractivity contribution in [3.63, 3.8) is 0 Å². The second kappa shape index (κ2) is 8.53. The van der Waals surface area contributed by atoms with Crippen LogP contribution < -0.4 is 44.7 Å². The van der Waals surface area contributed by atoms with E-state index in [0.717, 1.165) is 4.90 Å². The van der Waals surface area contributed by atoms with Gasteiger partial charge in [-0.05, 0) is 19.4 Å². The van der Waals surface area contributed by atoms with Gasteiger partial charge in [0, 0.05) is 4.75 Å². The number of carboxylic acid groups (broad SMARTS) is 1. The van der Waals surface area contributed by atoms with Crippen LogP contribution >= 0.6 is 11.8 Å². The van der Waals surface area contributed by atoms with Crippen molar-refractivity contribution in [2.45, 2.75) is 42.1 Å². The minimum absolute atomic E-state index is 0. The van der Waals surface area contributed by atoms with Gasteiger partial charge < -0.3 is 20.1 Å². The third kappa shape index (κ3) is 4.79. The van der Waals surface area contributed by atoms with Gasteiger partial charge in [-0.2, -0.15) is 13.1 Å². The molecule has 2 aliphatic rings. The molecule has 2 aliphatic heterocycles. The fourth-order valence-electron chi connectivity index (χ4n) is 3.43. The molecule has 2 saturated heterocycles. The van der Waals surface area contributed by atoms with Crippen molar-refractivity contribution in [3.05, 3.63) is 35.9 Å². The van der Waals surface area contributed by atoms with E-state index in [9.17, 15) is 27.9 Å². The number of hydrogen-bond acceptors (Lipinski definition) is 7. The number of fused-ring (bicyclic) bond motifs is 1. The second-order valence-electron chi connectivity index (χ2n) is 7.00. The van der Waals surface area contributed by atoms with Gasteiger partial charge in [0.2, 0.25) is 11.8 Å². The summed E-state index contributed by atoms with van der Waals surface area (Å²) in [5.74, 6) is -2.82. The number of rotatable bonds is 6. The van der Waals surface area contributed by atoms with Gasteiger partial charge in [0.25, 0.3) is 0 Å². The first kappa shape index (κ1) is 24.1. The zero-order valence-corrected chi connectivity index (χ0v) is 19.5. The molecule has 2 heterocycles. The molecule has 29 heavy (non-hydrogen) atoms. The van der Waals surface area contributed by atoms with Crippen LogP contribution in [0, 0.1) is 0 Å². The molecule has 0 unspecified atom stereocenters. The van der Waals surface area contributed by atoms with Crippen LogP contribution in [0.2, 0.25) is 0 Å². The number of nitrogens with zero attached hydrogens (tertiary/aromatic N) is 1. The van der Waals surface area contributed by atoms with E-state index < -0.39 is 56.3 Å². The smallest absolute Gasteiger partial charge is 0.548 e. The first-order valence-electron chi connectivity index (χ1n) is 8.23. The molecule has 10 nitrogen and oxygen atoms in total. The number of aliphatic carboxylic acids is 1. The summed E-state index contributed by atoms with van der Waals surface area (Å²) in [5.41, 5.74) is 0.258. The number of benzene rings is 1. The molecule has 1 aromatic rings. The molecular weight excluding hydrogens is 433 g/mol. The molecular formula is C16H18N3NaO7S2. The van der Waals surface area contributed by atoms with Crippen LogP contribution in [0.1, 0.15) is 25.5 Å². The number of nitrogens with one attached hydrogen (secondary N) is 2. The maximum atomic E-state index is 12.7. The molecule has 0 bridgehead atoms. The van der Waals surface area contributed by atoms with Crippen molar-refractivity contribution in [2.75, 3.05) is 0 Å². The van der Waals surface area contributed by atoms with E-state index in [1.807, 2.05) is 4.72 Å². The van der Waals surface area contributed by atoms with Gasteiger partial charge in [-0.15, -0.1) is 11.8 Å². The van der Waals surface area contributed by atoms with E-state index in [1.165, 1.54) is 23.9 Å². The summed E-state index contributed by atoms with van der Waals surface area (Å²) < 4.78 is 32.6. The minimum Gasteiger partial charge on any atom is -0.548 e. The summed E-state index contributed by atoms with van der Waals surface area (Å²) >= 11 is 1.21. The Hall–Kier alpha value is -1.15. The summed E-state index contributed by atoms with van der Waals surface area (Å²) in [6, 6.07) is 4.17. The monoisotopic (exact) mass is 451 g/mol. The Bertz CT molecular complexity index is 926. The first-order valence-corrected chi connectivity index (χ1v) is 10.6. The molecule has 0 aromatic heterocycles. The normalized spacial score (nSPS) is 26.0. The van der Waals surface area contributed by atoms with Crippen LogP contribution in [0.3, 0.4) is 0 Å². The number of carbonyl (C=O) groups is 3. The van der Waals surface area contributed by atoms with Crippen LogP contribution in [-0.4, -0.2) is 57.9 Å². The van der Waals surface area contributed by atoms with Crippen molar-refractivity contribution in [1.82, 2.24) is 14.9 Å². The molecule has 2 amide bonds. The summed E-state index contributed by atoms with van der Waals surface area (Å²) in [5, 5.41) is 13.3. The number of amides is 2. The fraction of sp³-hybridized carbons (Fsp3) is 0.438. The van der Waals surface area contributed by atoms with Gasteiger partial charge in [-0.1, -0.05) is 30.3 Å². The van der Waals surface area contributed by atoms with E-state index in [4.69, 9.17) is 4.55 Å². The quantitative estimate of drug-likeness (QED) is 0.222. The maximum absolute atomic E-state index is 12.7. The van der Waals surface area contributed by atoms with E-state index >= 15 is 0 Å². The number of thioether (sulfide) groups is 1. The molecule has 3 rings (SSSR count). The van der Waals surface area contributed by atoms with E-state index in [-0.39, 0.29) is 35.1 Å². The Morgan fingerprint density at radius 2 is 1.86 bits per heavy atom. The third-order valence-electron chi connectivity index (χ3n) is 4.62. The van der Waals surface area contributed by atoms with Gasteiger partial charge in [0.05, 0.1) is 12.0 Å². The van der Waals surface area contributed by atoms with Crippen molar-refractivity contribution in [1.29, 1.82) is 0 Å². The average Bonchev–Trinajstić information content (AvgIpc) is 2.85. The van der Waals surface area contributed by atoms with E-state index in [2.05, 4.69) is 5.32 Å². The Kier molecular flexibility index (Phi) is 7.10. The SMILES string of the molecule is CC1(C)S[C@@H]2[C@H](NC(=O)[C@H](NS(=O)(=O)O)c3ccccc3)C(=O)N2[C@H]1C(=O)[O-].[Na+]. The topological polar surface area (TPSA) is 156 Å². The molecule has 3 N–H and O–H groups in total. The number of carbonyl (C=O) groups excluding carboxylic acids is 3. The van der Waals surface area contributed by atoms with Crippen molar-refractivity contribution in [2.24, 2.45) is 0 Å². The Morgan fingerprint density at radius 1 is 1.28 bits per heavy atom.